The second-order valence-corrected chi connectivity index (χ2v) is 5.61. The van der Waals surface area contributed by atoms with E-state index in [4.69, 9.17) is 10.9 Å². The number of carbonyl (C=O) groups is 1. The summed E-state index contributed by atoms with van der Waals surface area (Å²) in [5.74, 6) is -0.139. The van der Waals surface area contributed by atoms with E-state index >= 15 is 0 Å². The molecule has 1 heterocycles. The quantitative estimate of drug-likeness (QED) is 0.340. The summed E-state index contributed by atoms with van der Waals surface area (Å²) in [6, 6.07) is 1.88. The number of aryl methyl sites for hydroxylation is 1. The van der Waals surface area contributed by atoms with E-state index in [0.717, 1.165) is 30.4 Å². The maximum atomic E-state index is 12.6. The Bertz CT molecular complexity index is 536. The molecule has 1 aromatic rings. The first-order valence-electron chi connectivity index (χ1n) is 7.26. The van der Waals surface area contributed by atoms with Crippen molar-refractivity contribution < 1.29 is 10.0 Å². The smallest absolute Gasteiger partial charge is 0.234 e. The molecular weight excluding hydrogens is 268 g/mol. The van der Waals surface area contributed by atoms with Gasteiger partial charge in [0.2, 0.25) is 5.91 Å². The highest BCUT2D eigenvalue weighted by Crippen LogP contribution is 2.36. The van der Waals surface area contributed by atoms with Gasteiger partial charge in [0.15, 0.2) is 5.84 Å². The molecule has 6 heteroatoms. The number of nitrogens with zero attached hydrogens (tertiary/aromatic N) is 2. The maximum absolute atomic E-state index is 12.6. The number of hydrogen-bond acceptors (Lipinski definition) is 4. The number of aromatic nitrogens is 1. The first-order valence-corrected chi connectivity index (χ1v) is 7.26. The molecule has 2 rings (SSSR count). The summed E-state index contributed by atoms with van der Waals surface area (Å²) in [5, 5.41) is 15.0. The molecule has 114 valence electrons. The van der Waals surface area contributed by atoms with Crippen LogP contribution in [0.2, 0.25) is 0 Å². The predicted molar refractivity (Wildman–Crippen MR) is 79.7 cm³/mol. The molecule has 1 fully saturated rings. The Labute approximate surface area is 124 Å². The molecule has 0 spiro atoms. The molecule has 0 atom stereocenters. The van der Waals surface area contributed by atoms with Gasteiger partial charge in [0.1, 0.15) is 5.41 Å². The summed E-state index contributed by atoms with van der Waals surface area (Å²) in [6.45, 7) is 2.38. The summed E-state index contributed by atoms with van der Waals surface area (Å²) in [5.41, 5.74) is 6.99. The lowest BCUT2D eigenvalue weighted by atomic mass is 9.72. The van der Waals surface area contributed by atoms with Crippen LogP contribution in [0, 0.1) is 12.3 Å². The van der Waals surface area contributed by atoms with Crippen LogP contribution in [-0.2, 0) is 11.3 Å². The molecule has 21 heavy (non-hydrogen) atoms. The van der Waals surface area contributed by atoms with Crippen molar-refractivity contribution in [1.29, 1.82) is 0 Å². The van der Waals surface area contributed by atoms with E-state index in [1.165, 1.54) is 0 Å². The van der Waals surface area contributed by atoms with Gasteiger partial charge < -0.3 is 16.3 Å². The van der Waals surface area contributed by atoms with Gasteiger partial charge in [0.25, 0.3) is 0 Å². The number of nitrogens with one attached hydrogen (secondary N) is 1. The Hall–Kier alpha value is -2.11. The highest BCUT2D eigenvalue weighted by atomic mass is 16.4. The van der Waals surface area contributed by atoms with Crippen LogP contribution in [0.15, 0.2) is 23.6 Å². The van der Waals surface area contributed by atoms with E-state index in [0.29, 0.717) is 19.4 Å². The lowest BCUT2D eigenvalue weighted by Crippen LogP contribution is -2.50. The van der Waals surface area contributed by atoms with Gasteiger partial charge in [-0.05, 0) is 37.0 Å². The van der Waals surface area contributed by atoms with E-state index in [-0.39, 0.29) is 11.7 Å². The Kier molecular flexibility index (Phi) is 4.77. The van der Waals surface area contributed by atoms with Crippen molar-refractivity contribution in [2.24, 2.45) is 16.3 Å². The zero-order valence-electron chi connectivity index (χ0n) is 12.3. The molecule has 4 N–H and O–H groups in total. The minimum atomic E-state index is -0.867. The van der Waals surface area contributed by atoms with Crippen molar-refractivity contribution in [3.8, 4) is 0 Å². The van der Waals surface area contributed by atoms with Crippen molar-refractivity contribution in [2.45, 2.75) is 45.6 Å². The van der Waals surface area contributed by atoms with Gasteiger partial charge in [-0.1, -0.05) is 24.4 Å². The molecule has 1 aromatic heterocycles. The number of amidine groups is 1. The van der Waals surface area contributed by atoms with Gasteiger partial charge in [-0.25, -0.2) is 0 Å². The summed E-state index contributed by atoms with van der Waals surface area (Å²) in [7, 11) is 0. The lowest BCUT2D eigenvalue weighted by molar-refractivity contribution is -0.129. The van der Waals surface area contributed by atoms with Gasteiger partial charge in [0.05, 0.1) is 0 Å². The highest BCUT2D eigenvalue weighted by Gasteiger charge is 2.43. The molecule has 1 aliphatic rings. The first-order chi connectivity index (χ1) is 10.1. The zero-order chi connectivity index (χ0) is 15.3. The van der Waals surface area contributed by atoms with Crippen LogP contribution in [0.4, 0.5) is 0 Å². The second kappa shape index (κ2) is 6.56. The third-order valence-corrected chi connectivity index (χ3v) is 4.32. The number of nitrogens with two attached hydrogens (primary N) is 1. The fourth-order valence-corrected chi connectivity index (χ4v) is 2.90. The van der Waals surface area contributed by atoms with Gasteiger partial charge in [-0.2, -0.15) is 0 Å². The summed E-state index contributed by atoms with van der Waals surface area (Å²) in [6.07, 6.45) is 7.64. The van der Waals surface area contributed by atoms with Crippen LogP contribution in [-0.4, -0.2) is 21.9 Å². The molecule has 0 unspecified atom stereocenters. The lowest BCUT2D eigenvalue weighted by Gasteiger charge is -2.34. The van der Waals surface area contributed by atoms with E-state index in [2.05, 4.69) is 15.5 Å². The fraction of sp³-hybridized carbons (Fsp3) is 0.533. The van der Waals surface area contributed by atoms with Crippen LogP contribution in [0.3, 0.4) is 0 Å². The Morgan fingerprint density at radius 2 is 2.19 bits per heavy atom. The summed E-state index contributed by atoms with van der Waals surface area (Å²) in [4.78, 5) is 16.6. The fourth-order valence-electron chi connectivity index (χ4n) is 2.90. The van der Waals surface area contributed by atoms with Crippen molar-refractivity contribution in [3.63, 3.8) is 0 Å². The van der Waals surface area contributed by atoms with Crippen LogP contribution < -0.4 is 11.1 Å². The molecule has 0 saturated heterocycles. The van der Waals surface area contributed by atoms with Gasteiger partial charge in [-0.15, -0.1) is 0 Å². The highest BCUT2D eigenvalue weighted by molar-refractivity contribution is 6.06. The molecule has 6 nitrogen and oxygen atoms in total. The van der Waals surface area contributed by atoms with E-state index in [9.17, 15) is 4.79 Å². The number of oxime groups is 1. The maximum Gasteiger partial charge on any atom is 0.234 e. The predicted octanol–water partition coefficient (Wildman–Crippen LogP) is 1.70. The molecule has 1 aliphatic carbocycles. The Morgan fingerprint density at radius 1 is 1.48 bits per heavy atom. The number of hydrogen-bond donors (Lipinski definition) is 3. The molecule has 1 saturated carbocycles. The number of carbonyl (C=O) groups excluding carboxylic acids is 1. The second-order valence-electron chi connectivity index (χ2n) is 5.61. The normalized spacial score (nSPS) is 18.2. The van der Waals surface area contributed by atoms with Gasteiger partial charge >= 0.3 is 0 Å². The monoisotopic (exact) mass is 290 g/mol. The van der Waals surface area contributed by atoms with E-state index in [1.807, 2.05) is 13.0 Å². The van der Waals surface area contributed by atoms with Crippen LogP contribution in [0.1, 0.15) is 43.2 Å². The molecule has 0 aromatic carbocycles. The van der Waals surface area contributed by atoms with Crippen molar-refractivity contribution >= 4 is 11.7 Å². The van der Waals surface area contributed by atoms with E-state index in [1.54, 1.807) is 12.4 Å². The van der Waals surface area contributed by atoms with Crippen LogP contribution >= 0.6 is 0 Å². The summed E-state index contributed by atoms with van der Waals surface area (Å²) < 4.78 is 0. The van der Waals surface area contributed by atoms with Crippen LogP contribution in [0.25, 0.3) is 0 Å². The average Bonchev–Trinajstić information content (AvgIpc) is 2.53. The minimum absolute atomic E-state index is 0.0196. The first kappa shape index (κ1) is 15.3. The molecule has 1 amide bonds. The molecule has 0 bridgehead atoms. The number of pyridine rings is 1. The minimum Gasteiger partial charge on any atom is -0.409 e. The Balaban J connectivity index is 2.11. The van der Waals surface area contributed by atoms with Crippen molar-refractivity contribution in [2.75, 3.05) is 0 Å². The van der Waals surface area contributed by atoms with Crippen molar-refractivity contribution in [3.05, 3.63) is 29.6 Å². The average molecular weight is 290 g/mol. The van der Waals surface area contributed by atoms with Crippen molar-refractivity contribution in [1.82, 2.24) is 10.3 Å². The third-order valence-electron chi connectivity index (χ3n) is 4.32. The van der Waals surface area contributed by atoms with E-state index < -0.39 is 5.41 Å². The standard InChI is InChI=1S/C15H22N4O2/c1-11-9-17-8-5-12(11)10-18-14(20)15(13(16)19-21)6-3-2-4-7-15/h5,8-9,21H,2-4,6-7,10H2,1H3,(H2,16,19)(H,18,20). The topological polar surface area (TPSA) is 101 Å². The van der Waals surface area contributed by atoms with Crippen LogP contribution in [0.5, 0.6) is 0 Å². The number of rotatable bonds is 4. The zero-order valence-corrected chi connectivity index (χ0v) is 12.3. The third kappa shape index (κ3) is 3.15. The molecule has 0 radical (unpaired) electrons. The number of amides is 1. The Morgan fingerprint density at radius 3 is 2.81 bits per heavy atom. The van der Waals surface area contributed by atoms with Gasteiger partial charge in [0, 0.05) is 18.9 Å². The SMILES string of the molecule is Cc1cnccc1CNC(=O)C1(/C(N)=N/O)CCCCC1. The van der Waals surface area contributed by atoms with Gasteiger partial charge in [-0.3, -0.25) is 9.78 Å². The molecule has 0 aliphatic heterocycles. The summed E-state index contributed by atoms with van der Waals surface area (Å²) >= 11 is 0. The largest absolute Gasteiger partial charge is 0.409 e. The molecular formula is C15H22N4O2.